The summed E-state index contributed by atoms with van der Waals surface area (Å²) in [6.45, 7) is 4.84. The fourth-order valence-electron chi connectivity index (χ4n) is 1.90. The summed E-state index contributed by atoms with van der Waals surface area (Å²) in [4.78, 5) is 10.2. The van der Waals surface area contributed by atoms with Gasteiger partial charge in [0.05, 0.1) is 0 Å². The number of ether oxygens (including phenoxy) is 1. The van der Waals surface area contributed by atoms with Crippen molar-refractivity contribution in [2.24, 2.45) is 5.92 Å². The Bertz CT molecular complexity index is 134. The highest BCUT2D eigenvalue weighted by atomic mass is 16.5. The Labute approximate surface area is 67.9 Å². The van der Waals surface area contributed by atoms with E-state index in [-0.39, 0.29) is 5.60 Å². The Hall–Kier alpha value is -0.530. The Morgan fingerprint density at radius 1 is 1.36 bits per heavy atom. The Morgan fingerprint density at radius 3 is 2.27 bits per heavy atom. The lowest BCUT2D eigenvalue weighted by molar-refractivity contribution is -0.147. The van der Waals surface area contributed by atoms with Crippen LogP contribution >= 0.6 is 0 Å². The molecule has 0 N–H and O–H groups in total. The van der Waals surface area contributed by atoms with Gasteiger partial charge in [-0.15, -0.1) is 0 Å². The van der Waals surface area contributed by atoms with Crippen molar-refractivity contribution in [2.45, 2.75) is 45.1 Å². The molecule has 0 spiro atoms. The topological polar surface area (TPSA) is 26.3 Å². The largest absolute Gasteiger partial charge is 0.461 e. The van der Waals surface area contributed by atoms with Crippen molar-refractivity contribution in [2.75, 3.05) is 0 Å². The average molecular weight is 156 g/mol. The third kappa shape index (κ3) is 1.55. The van der Waals surface area contributed by atoms with E-state index in [1.165, 1.54) is 12.8 Å². The second-order valence-corrected chi connectivity index (χ2v) is 3.64. The molecule has 0 aromatic carbocycles. The molecule has 0 amide bonds. The quantitative estimate of drug-likeness (QED) is 0.585. The number of carbonyl (C=O) groups excluding carboxylic acids is 1. The van der Waals surface area contributed by atoms with Gasteiger partial charge >= 0.3 is 0 Å². The Balaban J connectivity index is 2.61. The second kappa shape index (κ2) is 3.24. The molecule has 0 aliphatic heterocycles. The first-order valence-corrected chi connectivity index (χ1v) is 4.33. The lowest BCUT2D eigenvalue weighted by Crippen LogP contribution is -2.34. The van der Waals surface area contributed by atoms with Crippen LogP contribution in [0.25, 0.3) is 0 Å². The lowest BCUT2D eigenvalue weighted by atomic mass is 9.89. The fraction of sp³-hybridized carbons (Fsp3) is 0.889. The van der Waals surface area contributed by atoms with Crippen LogP contribution in [0.5, 0.6) is 0 Å². The summed E-state index contributed by atoms with van der Waals surface area (Å²) < 4.78 is 5.17. The predicted molar refractivity (Wildman–Crippen MR) is 43.2 cm³/mol. The second-order valence-electron chi connectivity index (χ2n) is 3.64. The minimum Gasteiger partial charge on any atom is -0.461 e. The first kappa shape index (κ1) is 8.57. The predicted octanol–water partition coefficient (Wildman–Crippen LogP) is 2.13. The normalized spacial score (nSPS) is 22.1. The molecule has 1 aliphatic carbocycles. The molecule has 1 saturated carbocycles. The van der Waals surface area contributed by atoms with Crippen LogP contribution in [-0.2, 0) is 9.53 Å². The first-order chi connectivity index (χ1) is 5.21. The minimum atomic E-state index is -0.123. The molecule has 2 heteroatoms. The van der Waals surface area contributed by atoms with Gasteiger partial charge < -0.3 is 4.74 Å². The van der Waals surface area contributed by atoms with Crippen LogP contribution in [0.2, 0.25) is 0 Å². The van der Waals surface area contributed by atoms with Crippen molar-refractivity contribution in [3.05, 3.63) is 0 Å². The summed E-state index contributed by atoms with van der Waals surface area (Å²) in [7, 11) is 0. The number of hydrogen-bond acceptors (Lipinski definition) is 2. The zero-order valence-electron chi connectivity index (χ0n) is 7.30. The Morgan fingerprint density at radius 2 is 1.91 bits per heavy atom. The average Bonchev–Trinajstić information content (AvgIpc) is 2.38. The smallest absolute Gasteiger partial charge is 0.293 e. The summed E-state index contributed by atoms with van der Waals surface area (Å²) >= 11 is 0. The highest BCUT2D eigenvalue weighted by molar-refractivity contribution is 5.38. The summed E-state index contributed by atoms with van der Waals surface area (Å²) in [5, 5.41) is 0. The molecular weight excluding hydrogens is 140 g/mol. The number of hydrogen-bond donors (Lipinski definition) is 0. The number of carbonyl (C=O) groups is 1. The highest BCUT2D eigenvalue weighted by Crippen LogP contribution is 2.38. The molecule has 64 valence electrons. The van der Waals surface area contributed by atoms with E-state index < -0.39 is 0 Å². The van der Waals surface area contributed by atoms with E-state index in [2.05, 4.69) is 13.8 Å². The van der Waals surface area contributed by atoms with Gasteiger partial charge in [0.1, 0.15) is 5.60 Å². The van der Waals surface area contributed by atoms with Crippen molar-refractivity contribution in [1.29, 1.82) is 0 Å². The molecule has 0 saturated heterocycles. The minimum absolute atomic E-state index is 0.123. The maximum Gasteiger partial charge on any atom is 0.293 e. The van der Waals surface area contributed by atoms with Crippen molar-refractivity contribution < 1.29 is 9.53 Å². The van der Waals surface area contributed by atoms with Crippen LogP contribution in [0.4, 0.5) is 0 Å². The lowest BCUT2D eigenvalue weighted by Gasteiger charge is -2.30. The third-order valence-electron chi connectivity index (χ3n) is 2.78. The van der Waals surface area contributed by atoms with Gasteiger partial charge in [0.2, 0.25) is 0 Å². The zero-order valence-corrected chi connectivity index (χ0v) is 7.30. The molecule has 2 nitrogen and oxygen atoms in total. The first-order valence-electron chi connectivity index (χ1n) is 4.33. The van der Waals surface area contributed by atoms with Crippen LogP contribution in [0.3, 0.4) is 0 Å². The molecule has 11 heavy (non-hydrogen) atoms. The van der Waals surface area contributed by atoms with Gasteiger partial charge in [0, 0.05) is 0 Å². The molecule has 1 rings (SSSR count). The van der Waals surface area contributed by atoms with Gasteiger partial charge in [-0.1, -0.05) is 13.8 Å². The van der Waals surface area contributed by atoms with E-state index in [0.29, 0.717) is 12.4 Å². The summed E-state index contributed by atoms with van der Waals surface area (Å²) in [5.74, 6) is 0.454. The van der Waals surface area contributed by atoms with E-state index in [9.17, 15) is 4.79 Å². The van der Waals surface area contributed by atoms with Crippen LogP contribution in [0, 0.1) is 5.92 Å². The van der Waals surface area contributed by atoms with E-state index >= 15 is 0 Å². The standard InChI is InChI=1S/C9H16O2/c1-8(2)9(11-7-10)5-3-4-6-9/h7-8H,3-6H2,1-2H3. The van der Waals surface area contributed by atoms with Crippen molar-refractivity contribution in [1.82, 2.24) is 0 Å². The Kier molecular flexibility index (Phi) is 2.53. The van der Waals surface area contributed by atoms with E-state index in [1.54, 1.807) is 0 Å². The van der Waals surface area contributed by atoms with Crippen LogP contribution in [0.1, 0.15) is 39.5 Å². The van der Waals surface area contributed by atoms with Crippen LogP contribution in [0.15, 0.2) is 0 Å². The molecule has 1 fully saturated rings. The molecule has 0 unspecified atom stereocenters. The molecule has 0 bridgehead atoms. The summed E-state index contributed by atoms with van der Waals surface area (Å²) in [5.41, 5.74) is -0.123. The molecule has 0 aromatic rings. The van der Waals surface area contributed by atoms with Gasteiger partial charge in [-0.2, -0.15) is 0 Å². The van der Waals surface area contributed by atoms with Crippen LogP contribution in [-0.4, -0.2) is 12.1 Å². The molecule has 0 atom stereocenters. The molecule has 1 aliphatic rings. The van der Waals surface area contributed by atoms with Crippen LogP contribution < -0.4 is 0 Å². The van der Waals surface area contributed by atoms with Crippen molar-refractivity contribution >= 4 is 6.47 Å². The number of rotatable bonds is 3. The maximum absolute atomic E-state index is 10.2. The SMILES string of the molecule is CC(C)C1(OC=O)CCCC1. The van der Waals surface area contributed by atoms with Gasteiger partial charge in [0.15, 0.2) is 0 Å². The van der Waals surface area contributed by atoms with Crippen molar-refractivity contribution in [3.8, 4) is 0 Å². The van der Waals surface area contributed by atoms with E-state index in [0.717, 1.165) is 12.8 Å². The zero-order chi connectivity index (χ0) is 8.32. The van der Waals surface area contributed by atoms with E-state index in [4.69, 9.17) is 4.74 Å². The van der Waals surface area contributed by atoms with Gasteiger partial charge in [-0.3, -0.25) is 4.79 Å². The van der Waals surface area contributed by atoms with Gasteiger partial charge in [0.25, 0.3) is 6.47 Å². The molecule has 0 radical (unpaired) electrons. The molecular formula is C9H16O2. The van der Waals surface area contributed by atoms with E-state index in [1.807, 2.05) is 0 Å². The van der Waals surface area contributed by atoms with Gasteiger partial charge in [-0.25, -0.2) is 0 Å². The fourth-order valence-corrected chi connectivity index (χ4v) is 1.90. The van der Waals surface area contributed by atoms with Gasteiger partial charge in [-0.05, 0) is 31.6 Å². The third-order valence-corrected chi connectivity index (χ3v) is 2.78. The summed E-state index contributed by atoms with van der Waals surface area (Å²) in [6.07, 6.45) is 4.49. The highest BCUT2D eigenvalue weighted by Gasteiger charge is 2.38. The molecule has 0 heterocycles. The van der Waals surface area contributed by atoms with Crippen molar-refractivity contribution in [3.63, 3.8) is 0 Å². The maximum atomic E-state index is 10.2. The molecule has 0 aromatic heterocycles. The summed E-state index contributed by atoms with van der Waals surface area (Å²) in [6, 6.07) is 0. The monoisotopic (exact) mass is 156 g/mol.